The smallest absolute Gasteiger partial charge is 0.124 e. The first-order valence-corrected chi connectivity index (χ1v) is 6.69. The van der Waals surface area contributed by atoms with E-state index < -0.39 is 0 Å². The number of anilines is 1. The molecule has 4 heteroatoms. The predicted octanol–water partition coefficient (Wildman–Crippen LogP) is 2.16. The van der Waals surface area contributed by atoms with Crippen molar-refractivity contribution in [2.45, 2.75) is 6.42 Å². The highest BCUT2D eigenvalue weighted by molar-refractivity contribution is 7.98. The van der Waals surface area contributed by atoms with Crippen molar-refractivity contribution in [2.75, 3.05) is 30.5 Å². The third-order valence-electron chi connectivity index (χ3n) is 2.45. The number of thioether (sulfide) groups is 1. The summed E-state index contributed by atoms with van der Waals surface area (Å²) in [5, 5.41) is 7.53. The zero-order valence-electron chi connectivity index (χ0n) is 9.86. The number of nitrogens with zero attached hydrogens (tertiary/aromatic N) is 1. The molecule has 16 heavy (non-hydrogen) atoms. The topological polar surface area (TPSA) is 53.1 Å². The van der Waals surface area contributed by atoms with Gasteiger partial charge in [0.05, 0.1) is 0 Å². The Morgan fingerprint density at radius 2 is 2.12 bits per heavy atom. The number of rotatable bonds is 6. The van der Waals surface area contributed by atoms with E-state index >= 15 is 0 Å². The summed E-state index contributed by atoms with van der Waals surface area (Å²) in [7, 11) is 2.04. The Morgan fingerprint density at radius 3 is 2.75 bits per heavy atom. The summed E-state index contributed by atoms with van der Waals surface area (Å²) in [5.41, 5.74) is 7.41. The van der Waals surface area contributed by atoms with Gasteiger partial charge in [0.25, 0.3) is 0 Å². The van der Waals surface area contributed by atoms with Crippen LogP contribution in [-0.4, -0.2) is 31.4 Å². The van der Waals surface area contributed by atoms with Gasteiger partial charge >= 0.3 is 0 Å². The SMILES string of the molecule is CSCCCN(C)c1ccccc1C(=N)N. The lowest BCUT2D eigenvalue weighted by Crippen LogP contribution is -2.23. The van der Waals surface area contributed by atoms with Crippen LogP contribution in [-0.2, 0) is 0 Å². The number of benzene rings is 1. The minimum atomic E-state index is 0.132. The third kappa shape index (κ3) is 3.45. The minimum absolute atomic E-state index is 0.132. The lowest BCUT2D eigenvalue weighted by Gasteiger charge is -2.21. The zero-order chi connectivity index (χ0) is 12.0. The molecular weight excluding hydrogens is 218 g/mol. The average molecular weight is 237 g/mol. The average Bonchev–Trinajstić information content (AvgIpc) is 2.29. The van der Waals surface area contributed by atoms with Gasteiger partial charge in [-0.05, 0) is 30.6 Å². The maximum absolute atomic E-state index is 7.53. The Kier molecular flexibility index (Phi) is 5.19. The summed E-state index contributed by atoms with van der Waals surface area (Å²) in [5.74, 6) is 1.29. The van der Waals surface area contributed by atoms with Gasteiger partial charge in [-0.15, -0.1) is 0 Å². The van der Waals surface area contributed by atoms with Crippen LogP contribution < -0.4 is 10.6 Å². The fourth-order valence-electron chi connectivity index (χ4n) is 1.60. The molecule has 1 rings (SSSR count). The van der Waals surface area contributed by atoms with Gasteiger partial charge in [-0.25, -0.2) is 0 Å². The summed E-state index contributed by atoms with van der Waals surface area (Å²) in [6.07, 6.45) is 3.26. The lowest BCUT2D eigenvalue weighted by atomic mass is 10.1. The van der Waals surface area contributed by atoms with Crippen molar-refractivity contribution < 1.29 is 0 Å². The Balaban J connectivity index is 2.74. The highest BCUT2D eigenvalue weighted by Crippen LogP contribution is 2.18. The molecule has 0 fully saturated rings. The van der Waals surface area contributed by atoms with Gasteiger partial charge in [0.2, 0.25) is 0 Å². The first kappa shape index (κ1) is 12.9. The van der Waals surface area contributed by atoms with Crippen LogP contribution in [0.5, 0.6) is 0 Å². The van der Waals surface area contributed by atoms with Crippen molar-refractivity contribution in [1.82, 2.24) is 0 Å². The van der Waals surface area contributed by atoms with Crippen molar-refractivity contribution in [2.24, 2.45) is 5.73 Å². The highest BCUT2D eigenvalue weighted by Gasteiger charge is 2.08. The summed E-state index contributed by atoms with van der Waals surface area (Å²) in [4.78, 5) is 2.16. The quantitative estimate of drug-likeness (QED) is 0.453. The molecule has 0 amide bonds. The Labute approximate surface area is 102 Å². The maximum atomic E-state index is 7.53. The van der Waals surface area contributed by atoms with Gasteiger partial charge in [-0.1, -0.05) is 12.1 Å². The summed E-state index contributed by atoms with van der Waals surface area (Å²) in [6, 6.07) is 7.79. The van der Waals surface area contributed by atoms with Gasteiger partial charge < -0.3 is 10.6 Å². The number of nitrogens with one attached hydrogen (secondary N) is 1. The van der Waals surface area contributed by atoms with Gasteiger partial charge in [-0.2, -0.15) is 11.8 Å². The van der Waals surface area contributed by atoms with Crippen molar-refractivity contribution >= 4 is 23.3 Å². The molecule has 0 radical (unpaired) electrons. The Morgan fingerprint density at radius 1 is 1.44 bits per heavy atom. The molecule has 1 aromatic carbocycles. The second-order valence-electron chi connectivity index (χ2n) is 3.70. The van der Waals surface area contributed by atoms with E-state index in [1.54, 1.807) is 0 Å². The summed E-state index contributed by atoms with van der Waals surface area (Å²) < 4.78 is 0. The van der Waals surface area contributed by atoms with Crippen LogP contribution in [0.15, 0.2) is 24.3 Å². The molecule has 1 aromatic rings. The van der Waals surface area contributed by atoms with E-state index in [9.17, 15) is 0 Å². The number of hydrogen-bond donors (Lipinski definition) is 2. The second-order valence-corrected chi connectivity index (χ2v) is 4.68. The molecule has 0 aromatic heterocycles. The van der Waals surface area contributed by atoms with E-state index in [-0.39, 0.29) is 5.84 Å². The van der Waals surface area contributed by atoms with Gasteiger partial charge in [0, 0.05) is 24.8 Å². The number of amidine groups is 1. The zero-order valence-corrected chi connectivity index (χ0v) is 10.7. The second kappa shape index (κ2) is 6.43. The van der Waals surface area contributed by atoms with E-state index in [2.05, 4.69) is 11.2 Å². The molecule has 88 valence electrons. The molecule has 0 bridgehead atoms. The van der Waals surface area contributed by atoms with Crippen molar-refractivity contribution in [3.63, 3.8) is 0 Å². The van der Waals surface area contributed by atoms with Crippen LogP contribution in [0, 0.1) is 5.41 Å². The molecule has 0 unspecified atom stereocenters. The molecule has 0 aliphatic heterocycles. The highest BCUT2D eigenvalue weighted by atomic mass is 32.2. The largest absolute Gasteiger partial charge is 0.384 e. The third-order valence-corrected chi connectivity index (χ3v) is 3.14. The van der Waals surface area contributed by atoms with Gasteiger partial charge in [-0.3, -0.25) is 5.41 Å². The van der Waals surface area contributed by atoms with Crippen LogP contribution in [0.3, 0.4) is 0 Å². The van der Waals surface area contributed by atoms with E-state index in [1.807, 2.05) is 43.1 Å². The molecule has 0 aliphatic rings. The number of nitrogen functional groups attached to an aromatic ring is 1. The van der Waals surface area contributed by atoms with Crippen molar-refractivity contribution in [3.8, 4) is 0 Å². The lowest BCUT2D eigenvalue weighted by molar-refractivity contribution is 0.859. The van der Waals surface area contributed by atoms with Crippen molar-refractivity contribution in [1.29, 1.82) is 5.41 Å². The minimum Gasteiger partial charge on any atom is -0.384 e. The first-order chi connectivity index (χ1) is 7.66. The maximum Gasteiger partial charge on any atom is 0.124 e. The van der Waals surface area contributed by atoms with Crippen LogP contribution in [0.2, 0.25) is 0 Å². The van der Waals surface area contributed by atoms with Crippen LogP contribution in [0.4, 0.5) is 5.69 Å². The molecule has 0 aliphatic carbocycles. The standard InChI is InChI=1S/C12H19N3S/c1-15(8-5-9-16-2)11-7-4-3-6-10(11)12(13)14/h3-4,6-7H,5,8-9H2,1-2H3,(H3,13,14). The molecule has 3 N–H and O–H groups in total. The number of nitrogens with two attached hydrogens (primary N) is 1. The molecule has 0 spiro atoms. The molecule has 0 heterocycles. The molecule has 0 atom stereocenters. The van der Waals surface area contributed by atoms with Crippen LogP contribution >= 0.6 is 11.8 Å². The monoisotopic (exact) mass is 237 g/mol. The van der Waals surface area contributed by atoms with E-state index in [0.717, 1.165) is 30.0 Å². The molecule has 0 saturated heterocycles. The number of hydrogen-bond acceptors (Lipinski definition) is 3. The number of para-hydroxylation sites is 1. The van der Waals surface area contributed by atoms with Crippen molar-refractivity contribution in [3.05, 3.63) is 29.8 Å². The van der Waals surface area contributed by atoms with Crippen LogP contribution in [0.25, 0.3) is 0 Å². The molecule has 3 nitrogen and oxygen atoms in total. The van der Waals surface area contributed by atoms with Gasteiger partial charge in [0.1, 0.15) is 5.84 Å². The fourth-order valence-corrected chi connectivity index (χ4v) is 2.02. The first-order valence-electron chi connectivity index (χ1n) is 5.30. The van der Waals surface area contributed by atoms with E-state index in [4.69, 9.17) is 11.1 Å². The fraction of sp³-hybridized carbons (Fsp3) is 0.417. The van der Waals surface area contributed by atoms with Gasteiger partial charge in [0.15, 0.2) is 0 Å². The summed E-state index contributed by atoms with van der Waals surface area (Å²) >= 11 is 1.86. The summed E-state index contributed by atoms with van der Waals surface area (Å²) in [6.45, 7) is 0.991. The normalized spacial score (nSPS) is 10.1. The van der Waals surface area contributed by atoms with Crippen LogP contribution in [0.1, 0.15) is 12.0 Å². The Hall–Kier alpha value is -1.16. The molecule has 0 saturated carbocycles. The van der Waals surface area contributed by atoms with E-state index in [0.29, 0.717) is 0 Å². The Bertz CT molecular complexity index is 352. The molecular formula is C12H19N3S. The predicted molar refractivity (Wildman–Crippen MR) is 73.7 cm³/mol. The van der Waals surface area contributed by atoms with E-state index in [1.165, 1.54) is 0 Å².